The molecule has 1 fully saturated rings. The number of rotatable bonds is 6. The quantitative estimate of drug-likeness (QED) is 0.882. The maximum absolute atomic E-state index is 12.2. The van der Waals surface area contributed by atoms with Crippen molar-refractivity contribution in [2.45, 2.75) is 32.0 Å². The summed E-state index contributed by atoms with van der Waals surface area (Å²) in [5.41, 5.74) is 1.41. The van der Waals surface area contributed by atoms with Crippen LogP contribution in [0, 0.1) is 0 Å². The second-order valence-corrected chi connectivity index (χ2v) is 4.71. The Morgan fingerprint density at radius 1 is 1.40 bits per heavy atom. The molecule has 6 heteroatoms. The third-order valence-electron chi connectivity index (χ3n) is 3.01. The minimum absolute atomic E-state index is 0.0911. The van der Waals surface area contributed by atoms with Gasteiger partial charge in [-0.3, -0.25) is 0 Å². The van der Waals surface area contributed by atoms with Crippen LogP contribution >= 0.6 is 0 Å². The molecule has 1 aromatic heterocycles. The molecule has 0 radical (unpaired) electrons. The minimum Gasteiger partial charge on any atom is -0.444 e. The molecule has 1 saturated carbocycles. The lowest BCUT2D eigenvalue weighted by Crippen LogP contribution is -2.15. The number of hydrogen-bond acceptors (Lipinski definition) is 4. The molecule has 2 aromatic rings. The fourth-order valence-corrected chi connectivity index (χ4v) is 1.86. The van der Waals surface area contributed by atoms with Gasteiger partial charge in [-0.15, -0.1) is 0 Å². The third kappa shape index (κ3) is 3.33. The summed E-state index contributed by atoms with van der Waals surface area (Å²) in [7, 11) is 0. The molecule has 1 N–H and O–H groups in total. The van der Waals surface area contributed by atoms with Crippen LogP contribution in [0.25, 0.3) is 11.5 Å². The third-order valence-corrected chi connectivity index (χ3v) is 3.01. The summed E-state index contributed by atoms with van der Waals surface area (Å²) in [6, 6.07) is 6.91. The van der Waals surface area contributed by atoms with Gasteiger partial charge < -0.3 is 14.5 Å². The largest absolute Gasteiger partial charge is 0.444 e. The monoisotopic (exact) mass is 280 g/mol. The molecule has 0 unspecified atom stereocenters. The second kappa shape index (κ2) is 5.58. The number of benzene rings is 1. The van der Waals surface area contributed by atoms with Crippen molar-refractivity contribution in [2.24, 2.45) is 0 Å². The maximum atomic E-state index is 12.2. The van der Waals surface area contributed by atoms with Crippen LogP contribution in [0.2, 0.25) is 0 Å². The summed E-state index contributed by atoms with van der Waals surface area (Å²) in [6.07, 6.45) is 3.99. The van der Waals surface area contributed by atoms with Gasteiger partial charge in [0.05, 0.1) is 5.69 Å². The van der Waals surface area contributed by atoms with E-state index in [1.54, 1.807) is 18.4 Å². The van der Waals surface area contributed by atoms with Gasteiger partial charge in [0.1, 0.15) is 12.0 Å². The van der Waals surface area contributed by atoms with Crippen molar-refractivity contribution in [3.05, 3.63) is 36.2 Å². The lowest BCUT2D eigenvalue weighted by Gasteiger charge is -2.04. The summed E-state index contributed by atoms with van der Waals surface area (Å²) in [5.74, 6) is 0.491. The number of nitrogens with zero attached hydrogens (tertiary/aromatic N) is 1. The Morgan fingerprint density at radius 2 is 2.25 bits per heavy atom. The van der Waals surface area contributed by atoms with E-state index >= 15 is 0 Å². The van der Waals surface area contributed by atoms with Crippen molar-refractivity contribution >= 4 is 0 Å². The highest BCUT2D eigenvalue weighted by Gasteiger charge is 2.20. The average Bonchev–Trinajstić information content (AvgIpc) is 3.13. The van der Waals surface area contributed by atoms with E-state index < -0.39 is 6.61 Å². The van der Waals surface area contributed by atoms with Crippen LogP contribution in [0.3, 0.4) is 0 Å². The summed E-state index contributed by atoms with van der Waals surface area (Å²) in [5, 5.41) is 3.33. The molecule has 0 spiro atoms. The Balaban J connectivity index is 1.71. The van der Waals surface area contributed by atoms with Crippen LogP contribution in [0.5, 0.6) is 5.75 Å². The molecule has 0 atom stereocenters. The van der Waals surface area contributed by atoms with E-state index in [1.807, 2.05) is 0 Å². The van der Waals surface area contributed by atoms with Crippen LogP contribution in [0.4, 0.5) is 8.78 Å². The predicted molar refractivity (Wildman–Crippen MR) is 68.4 cm³/mol. The van der Waals surface area contributed by atoms with Gasteiger partial charge in [0.2, 0.25) is 5.89 Å². The molecular formula is C14H14F2N2O2. The predicted octanol–water partition coefficient (Wildman–Crippen LogP) is 3.20. The van der Waals surface area contributed by atoms with Gasteiger partial charge in [-0.25, -0.2) is 4.98 Å². The standard InChI is InChI=1S/C14H14F2N2O2/c15-14(16)20-12-3-1-2-9(6-12)13-18-11(8-19-13)7-17-10-4-5-10/h1-3,6,8,10,14,17H,4-5,7H2. The van der Waals surface area contributed by atoms with Gasteiger partial charge >= 0.3 is 6.61 Å². The summed E-state index contributed by atoms with van der Waals surface area (Å²) in [6.45, 7) is -2.19. The molecule has 20 heavy (non-hydrogen) atoms. The summed E-state index contributed by atoms with van der Waals surface area (Å²) in [4.78, 5) is 4.33. The molecular weight excluding hydrogens is 266 g/mol. The van der Waals surface area contributed by atoms with Crippen molar-refractivity contribution < 1.29 is 17.9 Å². The van der Waals surface area contributed by atoms with Crippen molar-refractivity contribution in [2.75, 3.05) is 0 Å². The molecule has 106 valence electrons. The smallest absolute Gasteiger partial charge is 0.387 e. The molecule has 0 saturated heterocycles. The van der Waals surface area contributed by atoms with Gasteiger partial charge in [0.25, 0.3) is 0 Å². The highest BCUT2D eigenvalue weighted by Crippen LogP contribution is 2.25. The van der Waals surface area contributed by atoms with E-state index in [-0.39, 0.29) is 5.75 Å². The Bertz CT molecular complexity index is 582. The Hall–Kier alpha value is -1.95. The van der Waals surface area contributed by atoms with Crippen LogP contribution in [-0.2, 0) is 6.54 Å². The zero-order valence-corrected chi connectivity index (χ0v) is 10.7. The fourth-order valence-electron chi connectivity index (χ4n) is 1.86. The highest BCUT2D eigenvalue weighted by atomic mass is 19.3. The molecule has 4 nitrogen and oxygen atoms in total. The van der Waals surface area contributed by atoms with Gasteiger partial charge in [0, 0.05) is 18.2 Å². The molecule has 1 aromatic carbocycles. The molecule has 1 heterocycles. The summed E-state index contributed by atoms with van der Waals surface area (Å²) < 4.78 is 34.1. The summed E-state index contributed by atoms with van der Waals surface area (Å²) >= 11 is 0. The number of nitrogens with one attached hydrogen (secondary N) is 1. The average molecular weight is 280 g/mol. The number of halogens is 2. The lowest BCUT2D eigenvalue weighted by molar-refractivity contribution is -0.0498. The number of hydrogen-bond donors (Lipinski definition) is 1. The first-order chi connectivity index (χ1) is 9.70. The first kappa shape index (κ1) is 13.1. The van der Waals surface area contributed by atoms with Crippen molar-refractivity contribution in [3.8, 4) is 17.2 Å². The lowest BCUT2D eigenvalue weighted by atomic mass is 10.2. The second-order valence-electron chi connectivity index (χ2n) is 4.71. The molecule has 0 amide bonds. The van der Waals surface area contributed by atoms with Crippen molar-refractivity contribution in [1.82, 2.24) is 10.3 Å². The van der Waals surface area contributed by atoms with Crippen molar-refractivity contribution in [3.63, 3.8) is 0 Å². The molecule has 1 aliphatic carbocycles. The Kier molecular flexibility index (Phi) is 3.64. The number of oxazole rings is 1. The van der Waals surface area contributed by atoms with E-state index in [2.05, 4.69) is 15.0 Å². The molecule has 0 bridgehead atoms. The Morgan fingerprint density at radius 3 is 3.00 bits per heavy atom. The number of ether oxygens (including phenoxy) is 1. The van der Waals surface area contributed by atoms with Crippen LogP contribution < -0.4 is 10.1 Å². The van der Waals surface area contributed by atoms with E-state index in [1.165, 1.54) is 25.0 Å². The van der Waals surface area contributed by atoms with Crippen LogP contribution in [-0.4, -0.2) is 17.6 Å². The zero-order valence-electron chi connectivity index (χ0n) is 10.7. The molecule has 1 aliphatic rings. The van der Waals surface area contributed by atoms with Crippen LogP contribution in [0.15, 0.2) is 34.9 Å². The fraction of sp³-hybridized carbons (Fsp3) is 0.357. The van der Waals surface area contributed by atoms with Crippen LogP contribution in [0.1, 0.15) is 18.5 Å². The van der Waals surface area contributed by atoms with Gasteiger partial charge in [-0.1, -0.05) is 6.07 Å². The van der Waals surface area contributed by atoms with Gasteiger partial charge in [-0.2, -0.15) is 8.78 Å². The van der Waals surface area contributed by atoms with E-state index in [4.69, 9.17) is 4.42 Å². The Labute approximate surface area is 114 Å². The normalized spacial score (nSPS) is 14.8. The zero-order chi connectivity index (χ0) is 13.9. The SMILES string of the molecule is FC(F)Oc1cccc(-c2nc(CNC3CC3)co2)c1. The first-order valence-electron chi connectivity index (χ1n) is 6.44. The van der Waals surface area contributed by atoms with E-state index in [0.29, 0.717) is 24.0 Å². The highest BCUT2D eigenvalue weighted by molar-refractivity contribution is 5.56. The number of alkyl halides is 2. The number of aromatic nitrogens is 1. The maximum Gasteiger partial charge on any atom is 0.387 e. The van der Waals surface area contributed by atoms with E-state index in [0.717, 1.165) is 5.69 Å². The molecule has 3 rings (SSSR count). The molecule has 0 aliphatic heterocycles. The van der Waals surface area contributed by atoms with Gasteiger partial charge in [-0.05, 0) is 31.0 Å². The van der Waals surface area contributed by atoms with Crippen molar-refractivity contribution in [1.29, 1.82) is 0 Å². The topological polar surface area (TPSA) is 47.3 Å². The first-order valence-corrected chi connectivity index (χ1v) is 6.44. The van der Waals surface area contributed by atoms with Gasteiger partial charge in [0.15, 0.2) is 0 Å². The minimum atomic E-state index is -2.84. The van der Waals surface area contributed by atoms with E-state index in [9.17, 15) is 8.78 Å².